The van der Waals surface area contributed by atoms with Crippen molar-refractivity contribution in [2.24, 2.45) is 10.4 Å². The van der Waals surface area contributed by atoms with E-state index in [-0.39, 0.29) is 5.41 Å². The van der Waals surface area contributed by atoms with E-state index in [1.165, 1.54) is 22.3 Å². The van der Waals surface area contributed by atoms with Crippen molar-refractivity contribution in [1.29, 1.82) is 0 Å². The second kappa shape index (κ2) is 14.4. The summed E-state index contributed by atoms with van der Waals surface area (Å²) in [5, 5.41) is 4.32. The van der Waals surface area contributed by atoms with Crippen LogP contribution in [0.4, 0.5) is 0 Å². The fourth-order valence-corrected chi connectivity index (χ4v) is 5.19. The van der Waals surface area contributed by atoms with Gasteiger partial charge in [-0.1, -0.05) is 38.4 Å². The molecule has 1 aliphatic heterocycles. The molecule has 1 N–H and O–H groups in total. The molecule has 4 rings (SSSR count). The number of nitrogens with one attached hydrogen (secondary N) is 1. The van der Waals surface area contributed by atoms with Crippen LogP contribution in [-0.4, -0.2) is 62.7 Å². The minimum absolute atomic E-state index is 0.112. The van der Waals surface area contributed by atoms with Gasteiger partial charge in [-0.25, -0.2) is 4.99 Å². The number of methoxy groups -OCH3 is 2. The number of rotatable bonds is 9. The number of guanidine groups is 1. The van der Waals surface area contributed by atoms with E-state index in [0.717, 1.165) is 73.8 Å². The molecule has 8 heteroatoms. The average Bonchev–Trinajstić information content (AvgIpc) is 2.97. The zero-order valence-corrected chi connectivity index (χ0v) is 27.8. The van der Waals surface area contributed by atoms with Crippen molar-refractivity contribution in [2.75, 3.05) is 46.9 Å². The third-order valence-corrected chi connectivity index (χ3v) is 8.05. The van der Waals surface area contributed by atoms with Crippen LogP contribution in [0.1, 0.15) is 48.6 Å². The predicted octanol–water partition coefficient (Wildman–Crippen LogP) is 7.38. The topological polar surface area (TPSA) is 58.6 Å². The summed E-state index contributed by atoms with van der Waals surface area (Å²) in [6.07, 6.45) is 0. The van der Waals surface area contributed by atoms with Gasteiger partial charge in [-0.15, -0.1) is 0 Å². The van der Waals surface area contributed by atoms with Crippen molar-refractivity contribution < 1.29 is 14.2 Å². The van der Waals surface area contributed by atoms with Crippen LogP contribution in [0.25, 0.3) is 0 Å². The average molecular weight is 607 g/mol. The Morgan fingerprint density at radius 3 is 2.16 bits per heavy atom. The van der Waals surface area contributed by atoms with E-state index in [1.54, 1.807) is 14.2 Å². The maximum Gasteiger partial charge on any atom is 0.194 e. The van der Waals surface area contributed by atoms with E-state index in [0.29, 0.717) is 11.6 Å². The Bertz CT molecular complexity index is 1430. The van der Waals surface area contributed by atoms with Crippen molar-refractivity contribution >= 4 is 17.6 Å². The van der Waals surface area contributed by atoms with Crippen molar-refractivity contribution in [3.63, 3.8) is 0 Å². The van der Waals surface area contributed by atoms with Crippen LogP contribution in [0, 0.1) is 26.2 Å². The number of hydrogen-bond donors (Lipinski definition) is 1. The molecule has 0 spiro atoms. The lowest BCUT2D eigenvalue weighted by atomic mass is 9.97. The van der Waals surface area contributed by atoms with E-state index in [4.69, 9.17) is 30.8 Å². The van der Waals surface area contributed by atoms with Gasteiger partial charge >= 0.3 is 0 Å². The summed E-state index contributed by atoms with van der Waals surface area (Å²) in [4.78, 5) is 9.95. The molecule has 7 nitrogen and oxygen atoms in total. The van der Waals surface area contributed by atoms with Gasteiger partial charge < -0.3 is 24.4 Å². The molecule has 0 amide bonds. The first-order valence-corrected chi connectivity index (χ1v) is 15.3. The quantitative estimate of drug-likeness (QED) is 0.203. The molecule has 0 aliphatic carbocycles. The maximum absolute atomic E-state index is 6.43. The molecule has 1 fully saturated rings. The van der Waals surface area contributed by atoms with Gasteiger partial charge in [0.15, 0.2) is 17.5 Å². The summed E-state index contributed by atoms with van der Waals surface area (Å²) in [5.74, 6) is 4.02. The number of halogens is 1. The lowest BCUT2D eigenvalue weighted by Gasteiger charge is -2.37. The molecule has 232 valence electrons. The highest BCUT2D eigenvalue weighted by Gasteiger charge is 2.23. The van der Waals surface area contributed by atoms with Gasteiger partial charge in [-0.2, -0.15) is 0 Å². The second-order valence-electron chi connectivity index (χ2n) is 12.6. The van der Waals surface area contributed by atoms with E-state index < -0.39 is 0 Å². The molecular formula is C35H47ClN4O3. The van der Waals surface area contributed by atoms with Gasteiger partial charge in [0.1, 0.15) is 11.5 Å². The molecule has 0 bridgehead atoms. The summed E-state index contributed by atoms with van der Waals surface area (Å²) in [6, 6.07) is 16.0. The van der Waals surface area contributed by atoms with E-state index in [1.807, 2.05) is 24.3 Å². The third kappa shape index (κ3) is 9.04. The van der Waals surface area contributed by atoms with Crippen LogP contribution in [0.2, 0.25) is 5.02 Å². The summed E-state index contributed by atoms with van der Waals surface area (Å²) in [7, 11) is 3.36. The van der Waals surface area contributed by atoms with Gasteiger partial charge in [-0.05, 0) is 90.9 Å². The molecule has 0 aromatic heterocycles. The number of hydrogen-bond acceptors (Lipinski definition) is 5. The zero-order chi connectivity index (χ0) is 31.1. The van der Waals surface area contributed by atoms with Gasteiger partial charge in [0.05, 0.1) is 20.8 Å². The molecule has 3 aromatic rings. The Labute approximate surface area is 262 Å². The molecule has 0 unspecified atom stereocenters. The maximum atomic E-state index is 6.43. The summed E-state index contributed by atoms with van der Waals surface area (Å²) >= 11 is 6.43. The number of nitrogens with zero attached hydrogens (tertiary/aromatic N) is 3. The summed E-state index contributed by atoms with van der Waals surface area (Å²) in [6.45, 7) is 18.8. The zero-order valence-electron chi connectivity index (χ0n) is 27.0. The first-order chi connectivity index (χ1) is 20.5. The van der Waals surface area contributed by atoms with Gasteiger partial charge in [0.25, 0.3) is 0 Å². The van der Waals surface area contributed by atoms with Crippen molar-refractivity contribution in [3.8, 4) is 23.0 Å². The first-order valence-electron chi connectivity index (χ1n) is 15.0. The fraction of sp³-hybridized carbons (Fsp3) is 0.457. The Kier molecular flexibility index (Phi) is 10.9. The fourth-order valence-electron chi connectivity index (χ4n) is 5.00. The van der Waals surface area contributed by atoms with Gasteiger partial charge in [-0.3, -0.25) is 4.90 Å². The molecule has 1 heterocycles. The van der Waals surface area contributed by atoms with Crippen LogP contribution in [0.15, 0.2) is 53.5 Å². The monoisotopic (exact) mass is 606 g/mol. The lowest BCUT2D eigenvalue weighted by molar-refractivity contribution is 0.171. The predicted molar refractivity (Wildman–Crippen MR) is 177 cm³/mol. The lowest BCUT2D eigenvalue weighted by Crippen LogP contribution is -2.53. The minimum atomic E-state index is 0.112. The normalized spacial score (nSPS) is 14.5. The van der Waals surface area contributed by atoms with E-state index >= 15 is 0 Å². The first kappa shape index (κ1) is 32.5. The Morgan fingerprint density at radius 1 is 0.814 bits per heavy atom. The smallest absolute Gasteiger partial charge is 0.194 e. The minimum Gasteiger partial charge on any atom is -0.493 e. The summed E-state index contributed by atoms with van der Waals surface area (Å²) in [5.41, 5.74) is 5.95. The highest BCUT2D eigenvalue weighted by atomic mass is 35.5. The number of benzene rings is 3. The largest absolute Gasteiger partial charge is 0.493 e. The van der Waals surface area contributed by atoms with Crippen molar-refractivity contribution in [1.82, 2.24) is 15.1 Å². The standard InChI is InChI=1S/C35H47ClN4O3/c1-24-9-11-30(17-25(24)2)43-31-12-10-29(36)19-27(31)21-37-34(38-23-35(4,5)6)40-15-13-39(14-16-40)22-28-20-33(42-8)32(41-7)18-26(28)3/h9-12,17-20H,13-16,21-23H2,1-8H3,(H,37,38). The molecule has 1 saturated heterocycles. The molecule has 0 radical (unpaired) electrons. The summed E-state index contributed by atoms with van der Waals surface area (Å²) < 4.78 is 17.3. The Balaban J connectivity index is 1.49. The number of aliphatic imine (C=N–C) groups is 1. The number of piperazine rings is 1. The number of ether oxygens (including phenoxy) is 3. The molecule has 0 atom stereocenters. The molecule has 1 aliphatic rings. The highest BCUT2D eigenvalue weighted by molar-refractivity contribution is 6.30. The van der Waals surface area contributed by atoms with Gasteiger partial charge in [0.2, 0.25) is 0 Å². The van der Waals surface area contributed by atoms with E-state index in [2.05, 4.69) is 80.9 Å². The molecular weight excluding hydrogens is 560 g/mol. The van der Waals surface area contributed by atoms with Crippen LogP contribution >= 0.6 is 11.6 Å². The Hall–Kier alpha value is -3.42. The molecule has 3 aromatic carbocycles. The molecule has 43 heavy (non-hydrogen) atoms. The van der Waals surface area contributed by atoms with E-state index in [9.17, 15) is 0 Å². The van der Waals surface area contributed by atoms with Crippen LogP contribution in [-0.2, 0) is 13.1 Å². The van der Waals surface area contributed by atoms with Gasteiger partial charge in [0, 0.05) is 49.9 Å². The van der Waals surface area contributed by atoms with Crippen molar-refractivity contribution in [3.05, 3.63) is 81.4 Å². The van der Waals surface area contributed by atoms with Crippen LogP contribution in [0.3, 0.4) is 0 Å². The SMILES string of the molecule is COc1cc(C)c(CN2CCN(C(=NCc3cc(Cl)ccc3Oc3ccc(C)c(C)c3)NCC(C)(C)C)CC2)cc1OC. The third-order valence-electron chi connectivity index (χ3n) is 7.81. The molecule has 0 saturated carbocycles. The highest BCUT2D eigenvalue weighted by Crippen LogP contribution is 2.32. The Morgan fingerprint density at radius 2 is 1.51 bits per heavy atom. The van der Waals surface area contributed by atoms with Crippen LogP contribution in [0.5, 0.6) is 23.0 Å². The van der Waals surface area contributed by atoms with Crippen LogP contribution < -0.4 is 19.5 Å². The van der Waals surface area contributed by atoms with Crippen molar-refractivity contribution in [2.45, 2.75) is 54.6 Å². The second-order valence-corrected chi connectivity index (χ2v) is 13.0. The number of aryl methyl sites for hydroxylation is 3.